The quantitative estimate of drug-likeness (QED) is 0.654. The van der Waals surface area contributed by atoms with E-state index < -0.39 is 4.92 Å². The number of aromatic amines is 1. The van der Waals surface area contributed by atoms with Crippen LogP contribution in [0.2, 0.25) is 0 Å². The number of nitrogens with zero attached hydrogens (tertiary/aromatic N) is 3. The van der Waals surface area contributed by atoms with Crippen LogP contribution in [0.4, 0.5) is 5.69 Å². The van der Waals surface area contributed by atoms with Crippen LogP contribution in [-0.2, 0) is 0 Å². The third kappa shape index (κ3) is 3.27. The average molecular weight is 340 g/mol. The number of halogens is 1. The number of H-pyrrole nitrogens is 1. The first-order valence-electron chi connectivity index (χ1n) is 7.18. The first kappa shape index (κ1) is 17.2. The largest absolute Gasteiger partial charge is 0.337 e. The lowest BCUT2D eigenvalue weighted by Crippen LogP contribution is -2.44. The molecule has 3 rings (SSSR count). The number of nitro benzene ring substituents is 1. The number of nitrogens with one attached hydrogen (secondary N) is 2. The summed E-state index contributed by atoms with van der Waals surface area (Å²) in [4.78, 5) is 24.8. The van der Waals surface area contributed by atoms with Crippen molar-refractivity contribution in [3.8, 4) is 0 Å². The highest BCUT2D eigenvalue weighted by atomic mass is 35.5. The standard InChI is InChI=1S/C14H17N5O3.ClH/c1-18(9-4-6-15-7-5-9)14(20)13-11-8-10(19(21)22)2-3-12(11)16-17-13;/h2-3,8-9,15H,4-7H2,1H3,(H,16,17);1H. The average Bonchev–Trinajstić information content (AvgIpc) is 2.97. The van der Waals surface area contributed by atoms with Crippen molar-refractivity contribution < 1.29 is 9.72 Å². The van der Waals surface area contributed by atoms with Crippen molar-refractivity contribution in [3.63, 3.8) is 0 Å². The van der Waals surface area contributed by atoms with E-state index in [4.69, 9.17) is 0 Å². The van der Waals surface area contributed by atoms with E-state index in [9.17, 15) is 14.9 Å². The van der Waals surface area contributed by atoms with Crippen LogP contribution in [0.5, 0.6) is 0 Å². The van der Waals surface area contributed by atoms with Crippen molar-refractivity contribution in [1.82, 2.24) is 20.4 Å². The van der Waals surface area contributed by atoms with Crippen LogP contribution in [0.25, 0.3) is 10.9 Å². The zero-order valence-corrected chi connectivity index (χ0v) is 13.4. The van der Waals surface area contributed by atoms with Crippen LogP contribution in [0.15, 0.2) is 18.2 Å². The van der Waals surface area contributed by atoms with Gasteiger partial charge in [0.2, 0.25) is 0 Å². The van der Waals surface area contributed by atoms with E-state index in [2.05, 4.69) is 15.5 Å². The molecule has 2 N–H and O–H groups in total. The van der Waals surface area contributed by atoms with Gasteiger partial charge in [0, 0.05) is 30.6 Å². The fraction of sp³-hybridized carbons (Fsp3) is 0.429. The summed E-state index contributed by atoms with van der Waals surface area (Å²) in [6.07, 6.45) is 1.79. The maximum atomic E-state index is 12.7. The van der Waals surface area contributed by atoms with E-state index >= 15 is 0 Å². The molecule has 23 heavy (non-hydrogen) atoms. The Morgan fingerprint density at radius 3 is 2.74 bits per heavy atom. The maximum absolute atomic E-state index is 12.7. The smallest absolute Gasteiger partial charge is 0.274 e. The monoisotopic (exact) mass is 339 g/mol. The molecular formula is C14H18ClN5O3. The molecule has 124 valence electrons. The SMILES string of the molecule is CN(C(=O)c1n[nH]c2ccc([N+](=O)[O-])cc12)C1CCNCC1.Cl. The zero-order valence-electron chi connectivity index (χ0n) is 12.6. The summed E-state index contributed by atoms with van der Waals surface area (Å²) in [5.41, 5.74) is 0.805. The van der Waals surface area contributed by atoms with E-state index in [1.807, 2.05) is 0 Å². The highest BCUT2D eigenvalue weighted by Gasteiger charge is 2.26. The second-order valence-corrected chi connectivity index (χ2v) is 5.46. The topological polar surface area (TPSA) is 104 Å². The molecule has 0 radical (unpaired) electrons. The molecule has 9 heteroatoms. The number of carbonyl (C=O) groups excluding carboxylic acids is 1. The molecule has 0 saturated carbocycles. The van der Waals surface area contributed by atoms with Crippen molar-refractivity contribution in [1.29, 1.82) is 0 Å². The minimum Gasteiger partial charge on any atom is -0.337 e. The second kappa shape index (κ2) is 6.93. The van der Waals surface area contributed by atoms with Crippen LogP contribution in [0, 0.1) is 10.1 Å². The Bertz CT molecular complexity index is 726. The number of rotatable bonds is 3. The fourth-order valence-electron chi connectivity index (χ4n) is 2.81. The van der Waals surface area contributed by atoms with E-state index in [1.165, 1.54) is 12.1 Å². The summed E-state index contributed by atoms with van der Waals surface area (Å²) in [5, 5.41) is 21.5. The molecule has 1 aromatic heterocycles. The second-order valence-electron chi connectivity index (χ2n) is 5.46. The predicted octanol–water partition coefficient (Wildman–Crippen LogP) is 1.72. The van der Waals surface area contributed by atoms with Gasteiger partial charge in [-0.2, -0.15) is 5.10 Å². The predicted molar refractivity (Wildman–Crippen MR) is 88.0 cm³/mol. The number of fused-ring (bicyclic) bond motifs is 1. The summed E-state index contributed by atoms with van der Waals surface area (Å²) in [6.45, 7) is 1.77. The number of amides is 1. The van der Waals surface area contributed by atoms with Crippen LogP contribution in [-0.4, -0.2) is 52.1 Å². The number of hydrogen-bond acceptors (Lipinski definition) is 5. The Labute approximate surface area is 138 Å². The first-order valence-corrected chi connectivity index (χ1v) is 7.18. The molecule has 0 spiro atoms. The third-order valence-corrected chi connectivity index (χ3v) is 4.14. The Morgan fingerprint density at radius 2 is 2.09 bits per heavy atom. The molecular weight excluding hydrogens is 322 g/mol. The number of benzene rings is 1. The minimum atomic E-state index is -0.475. The van der Waals surface area contributed by atoms with Crippen molar-refractivity contribution in [2.45, 2.75) is 18.9 Å². The lowest BCUT2D eigenvalue weighted by molar-refractivity contribution is -0.384. The molecule has 1 aliphatic rings. The van der Waals surface area contributed by atoms with E-state index in [0.717, 1.165) is 25.9 Å². The number of hydrogen-bond donors (Lipinski definition) is 2. The Hall–Kier alpha value is -2.19. The number of aromatic nitrogens is 2. The van der Waals surface area contributed by atoms with E-state index in [1.54, 1.807) is 18.0 Å². The molecule has 0 atom stereocenters. The molecule has 2 heterocycles. The van der Waals surface area contributed by atoms with Crippen LogP contribution < -0.4 is 5.32 Å². The summed E-state index contributed by atoms with van der Waals surface area (Å²) in [7, 11) is 1.76. The van der Waals surface area contributed by atoms with Crippen molar-refractivity contribution in [3.05, 3.63) is 34.0 Å². The molecule has 1 aliphatic heterocycles. The van der Waals surface area contributed by atoms with Gasteiger partial charge in [0.15, 0.2) is 5.69 Å². The van der Waals surface area contributed by atoms with Crippen LogP contribution >= 0.6 is 12.4 Å². The van der Waals surface area contributed by atoms with Gasteiger partial charge in [-0.3, -0.25) is 20.0 Å². The summed E-state index contributed by atoms with van der Waals surface area (Å²) in [5.74, 6) is -0.210. The van der Waals surface area contributed by atoms with Crippen LogP contribution in [0.3, 0.4) is 0 Å². The Morgan fingerprint density at radius 1 is 1.39 bits per heavy atom. The highest BCUT2D eigenvalue weighted by molar-refractivity contribution is 6.05. The molecule has 0 unspecified atom stereocenters. The van der Waals surface area contributed by atoms with Gasteiger partial charge in [0.1, 0.15) is 0 Å². The van der Waals surface area contributed by atoms with Gasteiger partial charge in [-0.1, -0.05) is 0 Å². The van der Waals surface area contributed by atoms with Crippen molar-refractivity contribution in [2.24, 2.45) is 0 Å². The molecule has 1 saturated heterocycles. The van der Waals surface area contributed by atoms with Gasteiger partial charge >= 0.3 is 0 Å². The zero-order chi connectivity index (χ0) is 15.7. The Kier molecular flexibility index (Phi) is 5.17. The van der Waals surface area contributed by atoms with Gasteiger partial charge in [0.05, 0.1) is 10.4 Å². The third-order valence-electron chi connectivity index (χ3n) is 4.14. The van der Waals surface area contributed by atoms with Gasteiger partial charge < -0.3 is 10.2 Å². The molecule has 1 amide bonds. The van der Waals surface area contributed by atoms with Gasteiger partial charge in [-0.25, -0.2) is 0 Å². The van der Waals surface area contributed by atoms with Gasteiger partial charge in [-0.05, 0) is 32.0 Å². The molecule has 8 nitrogen and oxygen atoms in total. The number of non-ortho nitro benzene ring substituents is 1. The minimum absolute atomic E-state index is 0. The number of carbonyl (C=O) groups is 1. The summed E-state index contributed by atoms with van der Waals surface area (Å²) >= 11 is 0. The lowest BCUT2D eigenvalue weighted by atomic mass is 10.0. The van der Waals surface area contributed by atoms with Crippen molar-refractivity contribution in [2.75, 3.05) is 20.1 Å². The molecule has 1 aromatic carbocycles. The Balaban J connectivity index is 0.00000192. The maximum Gasteiger partial charge on any atom is 0.274 e. The van der Waals surface area contributed by atoms with E-state index in [0.29, 0.717) is 10.9 Å². The highest BCUT2D eigenvalue weighted by Crippen LogP contribution is 2.24. The first-order chi connectivity index (χ1) is 10.6. The normalized spacial score (nSPS) is 15.2. The molecule has 0 bridgehead atoms. The molecule has 2 aromatic rings. The van der Waals surface area contributed by atoms with Gasteiger partial charge in [0.25, 0.3) is 11.6 Å². The molecule has 1 fully saturated rings. The number of nitro groups is 1. The summed E-state index contributed by atoms with van der Waals surface area (Å²) < 4.78 is 0. The number of piperidine rings is 1. The molecule has 0 aliphatic carbocycles. The van der Waals surface area contributed by atoms with Gasteiger partial charge in [-0.15, -0.1) is 12.4 Å². The van der Waals surface area contributed by atoms with E-state index in [-0.39, 0.29) is 35.7 Å². The lowest BCUT2D eigenvalue weighted by Gasteiger charge is -2.31. The van der Waals surface area contributed by atoms with Crippen LogP contribution in [0.1, 0.15) is 23.3 Å². The fourth-order valence-corrected chi connectivity index (χ4v) is 2.81. The summed E-state index contributed by atoms with van der Waals surface area (Å²) in [6, 6.07) is 4.52. The van der Waals surface area contributed by atoms with Crippen molar-refractivity contribution >= 4 is 34.9 Å².